The highest BCUT2D eigenvalue weighted by molar-refractivity contribution is 5.55. The normalized spacial score (nSPS) is 12.6. The number of hydrogen-bond donors (Lipinski definition) is 1. The number of hydrogen-bond acceptors (Lipinski definition) is 4. The molecular formula is C12H14FN3O. The zero-order chi connectivity index (χ0) is 12.3. The summed E-state index contributed by atoms with van der Waals surface area (Å²) < 4.78 is 17.8. The van der Waals surface area contributed by atoms with Crippen molar-refractivity contribution in [1.82, 2.24) is 10.1 Å². The van der Waals surface area contributed by atoms with E-state index in [1.54, 1.807) is 0 Å². The van der Waals surface area contributed by atoms with Crippen molar-refractivity contribution < 1.29 is 8.91 Å². The van der Waals surface area contributed by atoms with E-state index in [2.05, 4.69) is 10.1 Å². The quantitative estimate of drug-likeness (QED) is 0.881. The maximum atomic E-state index is 12.9. The molecule has 1 aromatic carbocycles. The van der Waals surface area contributed by atoms with E-state index in [1.165, 1.54) is 6.92 Å². The highest BCUT2D eigenvalue weighted by atomic mass is 19.1. The Morgan fingerprint density at radius 3 is 2.94 bits per heavy atom. The Bertz CT molecular complexity index is 496. The van der Waals surface area contributed by atoms with Gasteiger partial charge in [0, 0.05) is 12.0 Å². The standard InChI is InChI=1S/C12H14FN3O/c1-8(13)5-9-3-2-4-10(6-9)12-15-11(7-14)17-16-12/h2-4,6,8H,5,7,14H2,1H3. The van der Waals surface area contributed by atoms with Gasteiger partial charge in [0.2, 0.25) is 11.7 Å². The number of alkyl halides is 1. The average molecular weight is 235 g/mol. The van der Waals surface area contributed by atoms with E-state index in [1.807, 2.05) is 24.3 Å². The molecule has 0 saturated carbocycles. The molecule has 0 aliphatic carbocycles. The van der Waals surface area contributed by atoms with Gasteiger partial charge in [-0.05, 0) is 18.6 Å². The number of nitrogens with zero attached hydrogens (tertiary/aromatic N) is 2. The fourth-order valence-electron chi connectivity index (χ4n) is 1.62. The predicted molar refractivity (Wildman–Crippen MR) is 61.9 cm³/mol. The van der Waals surface area contributed by atoms with Gasteiger partial charge in [0.1, 0.15) is 6.17 Å². The van der Waals surface area contributed by atoms with E-state index in [4.69, 9.17) is 10.3 Å². The first kappa shape index (κ1) is 11.7. The SMILES string of the molecule is CC(F)Cc1cccc(-c2noc(CN)n2)c1. The van der Waals surface area contributed by atoms with Gasteiger partial charge < -0.3 is 10.3 Å². The molecule has 1 heterocycles. The van der Waals surface area contributed by atoms with Crippen molar-refractivity contribution in [2.45, 2.75) is 26.1 Å². The molecule has 0 aliphatic heterocycles. The van der Waals surface area contributed by atoms with E-state index in [0.29, 0.717) is 18.1 Å². The molecular weight excluding hydrogens is 221 g/mol. The van der Waals surface area contributed by atoms with Gasteiger partial charge in [-0.2, -0.15) is 4.98 Å². The first-order valence-corrected chi connectivity index (χ1v) is 5.45. The molecule has 0 amide bonds. The summed E-state index contributed by atoms with van der Waals surface area (Å²) in [5.41, 5.74) is 7.12. The Morgan fingerprint density at radius 1 is 1.47 bits per heavy atom. The van der Waals surface area contributed by atoms with Crippen molar-refractivity contribution >= 4 is 0 Å². The summed E-state index contributed by atoms with van der Waals surface area (Å²) in [6, 6.07) is 7.45. The van der Waals surface area contributed by atoms with E-state index in [-0.39, 0.29) is 6.54 Å². The van der Waals surface area contributed by atoms with E-state index in [0.717, 1.165) is 11.1 Å². The van der Waals surface area contributed by atoms with Crippen LogP contribution in [-0.4, -0.2) is 16.3 Å². The highest BCUT2D eigenvalue weighted by Gasteiger charge is 2.08. The molecule has 2 N–H and O–H groups in total. The molecule has 0 bridgehead atoms. The molecule has 0 saturated heterocycles. The lowest BCUT2D eigenvalue weighted by Gasteiger charge is -2.03. The van der Waals surface area contributed by atoms with Gasteiger partial charge in [-0.15, -0.1) is 0 Å². The second-order valence-electron chi connectivity index (χ2n) is 3.90. The van der Waals surface area contributed by atoms with Crippen LogP contribution in [0.25, 0.3) is 11.4 Å². The molecule has 0 radical (unpaired) electrons. The van der Waals surface area contributed by atoms with Crippen molar-refractivity contribution in [3.8, 4) is 11.4 Å². The lowest BCUT2D eigenvalue weighted by atomic mass is 10.1. The summed E-state index contributed by atoms with van der Waals surface area (Å²) in [5.74, 6) is 0.878. The lowest BCUT2D eigenvalue weighted by molar-refractivity contribution is 0.360. The van der Waals surface area contributed by atoms with Gasteiger partial charge in [-0.3, -0.25) is 0 Å². The molecule has 17 heavy (non-hydrogen) atoms. The molecule has 1 unspecified atom stereocenters. The minimum atomic E-state index is -0.866. The van der Waals surface area contributed by atoms with Gasteiger partial charge in [-0.1, -0.05) is 23.4 Å². The van der Waals surface area contributed by atoms with Crippen molar-refractivity contribution in [3.63, 3.8) is 0 Å². The van der Waals surface area contributed by atoms with Gasteiger partial charge in [0.15, 0.2) is 0 Å². The van der Waals surface area contributed by atoms with Crippen LogP contribution in [0.1, 0.15) is 18.4 Å². The monoisotopic (exact) mass is 235 g/mol. The smallest absolute Gasteiger partial charge is 0.240 e. The first-order valence-electron chi connectivity index (χ1n) is 5.45. The highest BCUT2D eigenvalue weighted by Crippen LogP contribution is 2.18. The molecule has 4 nitrogen and oxygen atoms in total. The van der Waals surface area contributed by atoms with Crippen LogP contribution in [0, 0.1) is 0 Å². The minimum absolute atomic E-state index is 0.216. The third-order valence-electron chi connectivity index (χ3n) is 2.34. The van der Waals surface area contributed by atoms with E-state index < -0.39 is 6.17 Å². The molecule has 2 rings (SSSR count). The topological polar surface area (TPSA) is 64.9 Å². The molecule has 1 aromatic heterocycles. The zero-order valence-corrected chi connectivity index (χ0v) is 9.56. The molecule has 90 valence electrons. The van der Waals surface area contributed by atoms with Crippen LogP contribution in [0.2, 0.25) is 0 Å². The number of nitrogens with two attached hydrogens (primary N) is 1. The van der Waals surface area contributed by atoms with Crippen LogP contribution in [0.3, 0.4) is 0 Å². The average Bonchev–Trinajstić information content (AvgIpc) is 2.77. The number of aromatic nitrogens is 2. The second-order valence-corrected chi connectivity index (χ2v) is 3.90. The van der Waals surface area contributed by atoms with E-state index >= 15 is 0 Å². The van der Waals surface area contributed by atoms with Crippen LogP contribution >= 0.6 is 0 Å². The Balaban J connectivity index is 2.26. The number of benzene rings is 1. The van der Waals surface area contributed by atoms with Gasteiger partial charge in [0.05, 0.1) is 6.54 Å². The van der Waals surface area contributed by atoms with Crippen LogP contribution < -0.4 is 5.73 Å². The number of halogens is 1. The van der Waals surface area contributed by atoms with Crippen LogP contribution in [-0.2, 0) is 13.0 Å². The molecule has 0 fully saturated rings. The molecule has 1 atom stereocenters. The van der Waals surface area contributed by atoms with Gasteiger partial charge in [0.25, 0.3) is 0 Å². The van der Waals surface area contributed by atoms with Crippen molar-refractivity contribution in [1.29, 1.82) is 0 Å². The summed E-state index contributed by atoms with van der Waals surface area (Å²) >= 11 is 0. The summed E-state index contributed by atoms with van der Waals surface area (Å²) in [5, 5.41) is 3.82. The van der Waals surface area contributed by atoms with Crippen LogP contribution in [0.5, 0.6) is 0 Å². The van der Waals surface area contributed by atoms with Gasteiger partial charge >= 0.3 is 0 Å². The Hall–Kier alpha value is -1.75. The fourth-order valence-corrected chi connectivity index (χ4v) is 1.62. The maximum Gasteiger partial charge on any atom is 0.240 e. The summed E-state index contributed by atoms with van der Waals surface area (Å²) in [6.45, 7) is 1.75. The lowest BCUT2D eigenvalue weighted by Crippen LogP contribution is -1.98. The summed E-state index contributed by atoms with van der Waals surface area (Å²) in [7, 11) is 0. The Labute approximate surface area is 98.6 Å². The Kier molecular flexibility index (Phi) is 3.49. The molecule has 2 aromatic rings. The van der Waals surface area contributed by atoms with E-state index in [9.17, 15) is 4.39 Å². The Morgan fingerprint density at radius 2 is 2.29 bits per heavy atom. The van der Waals surface area contributed by atoms with Crippen molar-refractivity contribution in [2.24, 2.45) is 5.73 Å². The molecule has 0 aliphatic rings. The summed E-state index contributed by atoms with van der Waals surface area (Å²) in [4.78, 5) is 4.12. The second kappa shape index (κ2) is 5.05. The first-order chi connectivity index (χ1) is 8.19. The van der Waals surface area contributed by atoms with Crippen molar-refractivity contribution in [2.75, 3.05) is 0 Å². The van der Waals surface area contributed by atoms with Crippen LogP contribution in [0.4, 0.5) is 4.39 Å². The largest absolute Gasteiger partial charge is 0.338 e. The molecule has 0 spiro atoms. The fraction of sp³-hybridized carbons (Fsp3) is 0.333. The zero-order valence-electron chi connectivity index (χ0n) is 9.56. The summed E-state index contributed by atoms with van der Waals surface area (Å²) in [6.07, 6.45) is -0.481. The number of rotatable bonds is 4. The maximum absolute atomic E-state index is 12.9. The van der Waals surface area contributed by atoms with Gasteiger partial charge in [-0.25, -0.2) is 4.39 Å². The van der Waals surface area contributed by atoms with Crippen molar-refractivity contribution in [3.05, 3.63) is 35.7 Å². The van der Waals surface area contributed by atoms with Crippen LogP contribution in [0.15, 0.2) is 28.8 Å². The third-order valence-corrected chi connectivity index (χ3v) is 2.34. The minimum Gasteiger partial charge on any atom is -0.338 e. The predicted octanol–water partition coefficient (Wildman–Crippen LogP) is 2.10. The third kappa shape index (κ3) is 2.88. The molecule has 5 heteroatoms.